The van der Waals surface area contributed by atoms with Gasteiger partial charge in [0.05, 0.1) is 12.0 Å². The van der Waals surface area contributed by atoms with Crippen LogP contribution in [-0.2, 0) is 9.53 Å². The lowest BCUT2D eigenvalue weighted by molar-refractivity contribution is -0.158. The molecule has 0 radical (unpaired) electrons. The van der Waals surface area contributed by atoms with Crippen LogP contribution in [0.2, 0.25) is 0 Å². The normalized spacial score (nSPS) is 37.9. The van der Waals surface area contributed by atoms with Gasteiger partial charge in [0, 0.05) is 12.3 Å². The molecule has 0 aromatic heterocycles. The number of carbonyl (C=O) groups is 1. The molecule has 2 aliphatic rings. The molecule has 0 aromatic rings. The van der Waals surface area contributed by atoms with E-state index >= 15 is 0 Å². The van der Waals surface area contributed by atoms with E-state index in [1.54, 1.807) is 0 Å². The van der Waals surface area contributed by atoms with E-state index in [2.05, 4.69) is 26.0 Å². The van der Waals surface area contributed by atoms with Crippen LogP contribution in [0.5, 0.6) is 0 Å². The molecule has 0 saturated carbocycles. The van der Waals surface area contributed by atoms with Crippen molar-refractivity contribution in [2.45, 2.75) is 52.7 Å². The van der Waals surface area contributed by atoms with E-state index in [0.717, 1.165) is 12.0 Å². The number of aliphatic hydroxyl groups is 1. The van der Waals surface area contributed by atoms with Gasteiger partial charge in [-0.3, -0.25) is 4.79 Å². The number of allylic oxidation sites excluding steroid dienone is 2. The van der Waals surface area contributed by atoms with Crippen molar-refractivity contribution >= 4 is 5.97 Å². The Bertz CT molecular complexity index is 424. The van der Waals surface area contributed by atoms with E-state index in [0.29, 0.717) is 18.3 Å². The highest BCUT2D eigenvalue weighted by Gasteiger charge is 2.40. The summed E-state index contributed by atoms with van der Waals surface area (Å²) in [5.74, 6) is 0.894. The predicted octanol–water partition coefficient (Wildman–Crippen LogP) is 3.09. The highest BCUT2D eigenvalue weighted by molar-refractivity contribution is 5.72. The maximum Gasteiger partial charge on any atom is 0.308 e. The van der Waals surface area contributed by atoms with Crippen LogP contribution in [0.25, 0.3) is 0 Å². The van der Waals surface area contributed by atoms with Gasteiger partial charge in [-0.25, -0.2) is 0 Å². The highest BCUT2D eigenvalue weighted by Crippen LogP contribution is 2.41. The number of rotatable bonds is 3. The zero-order valence-corrected chi connectivity index (χ0v) is 12.9. The number of hydrogen-bond donors (Lipinski definition) is 1. The zero-order valence-electron chi connectivity index (χ0n) is 12.9. The van der Waals surface area contributed by atoms with E-state index < -0.39 is 6.10 Å². The van der Waals surface area contributed by atoms with Crippen LogP contribution in [0.3, 0.4) is 0 Å². The summed E-state index contributed by atoms with van der Waals surface area (Å²) in [6, 6.07) is 0. The molecule has 2 aliphatic carbocycles. The van der Waals surface area contributed by atoms with E-state index in [4.69, 9.17) is 4.74 Å². The summed E-state index contributed by atoms with van der Waals surface area (Å²) in [7, 11) is 0. The minimum absolute atomic E-state index is 0.0756. The first-order chi connectivity index (χ1) is 9.43. The van der Waals surface area contributed by atoms with E-state index in [1.807, 2.05) is 19.9 Å². The zero-order chi connectivity index (χ0) is 14.9. The average Bonchev–Trinajstić information content (AvgIpc) is 2.41. The molecule has 112 valence electrons. The first-order valence-electron chi connectivity index (χ1n) is 7.72. The SMILES string of the molecule is CC[C@H](C)C(=O)O[C@H]1CC(O)C=C2C=C[C@H](C)[C@H](C)[C@H]21. The number of ether oxygens (including phenoxy) is 1. The van der Waals surface area contributed by atoms with Gasteiger partial charge >= 0.3 is 5.97 Å². The maximum absolute atomic E-state index is 12.1. The molecular weight excluding hydrogens is 252 g/mol. The fourth-order valence-electron chi connectivity index (χ4n) is 3.13. The van der Waals surface area contributed by atoms with Crippen molar-refractivity contribution in [2.24, 2.45) is 23.7 Å². The number of carbonyl (C=O) groups excluding carboxylic acids is 1. The number of hydrogen-bond acceptors (Lipinski definition) is 3. The van der Waals surface area contributed by atoms with Crippen molar-refractivity contribution in [2.75, 3.05) is 0 Å². The molecular formula is C17H26O3. The quantitative estimate of drug-likeness (QED) is 0.807. The van der Waals surface area contributed by atoms with Crippen LogP contribution >= 0.6 is 0 Å². The number of esters is 1. The molecule has 6 atom stereocenters. The molecule has 0 aliphatic heterocycles. The Balaban J connectivity index is 2.19. The smallest absolute Gasteiger partial charge is 0.308 e. The molecule has 1 unspecified atom stereocenters. The van der Waals surface area contributed by atoms with E-state index in [-0.39, 0.29) is 23.9 Å². The lowest BCUT2D eigenvalue weighted by Gasteiger charge is -2.41. The van der Waals surface area contributed by atoms with E-state index in [1.165, 1.54) is 0 Å². The van der Waals surface area contributed by atoms with Gasteiger partial charge in [-0.05, 0) is 23.8 Å². The summed E-state index contributed by atoms with van der Waals surface area (Å²) in [6.07, 6.45) is 6.77. The summed E-state index contributed by atoms with van der Waals surface area (Å²) in [4.78, 5) is 12.1. The molecule has 3 heteroatoms. The van der Waals surface area contributed by atoms with Crippen LogP contribution in [-0.4, -0.2) is 23.3 Å². The second kappa shape index (κ2) is 6.13. The Kier molecular flexibility index (Phi) is 4.69. The topological polar surface area (TPSA) is 46.5 Å². The first kappa shape index (κ1) is 15.3. The van der Waals surface area contributed by atoms with Crippen molar-refractivity contribution in [3.05, 3.63) is 23.8 Å². The Morgan fingerprint density at radius 1 is 1.50 bits per heavy atom. The van der Waals surface area contributed by atoms with E-state index in [9.17, 15) is 9.90 Å². The Morgan fingerprint density at radius 3 is 2.85 bits per heavy atom. The van der Waals surface area contributed by atoms with Gasteiger partial charge in [-0.1, -0.05) is 45.9 Å². The standard InChI is InChI=1S/C17H26O3/c1-5-10(2)17(19)20-15-9-14(18)8-13-7-6-11(3)12(4)16(13)15/h6-8,10-12,14-16,18H,5,9H2,1-4H3/t10-,11-,12-,14?,15-,16+/m0/s1. The van der Waals surface area contributed by atoms with Gasteiger partial charge in [-0.15, -0.1) is 0 Å². The van der Waals surface area contributed by atoms with Crippen LogP contribution in [0.4, 0.5) is 0 Å². The van der Waals surface area contributed by atoms with Crippen LogP contribution in [0.1, 0.15) is 40.5 Å². The molecule has 20 heavy (non-hydrogen) atoms. The van der Waals surface area contributed by atoms with Crippen LogP contribution < -0.4 is 0 Å². The molecule has 0 fully saturated rings. The van der Waals surface area contributed by atoms with Crippen molar-refractivity contribution in [3.63, 3.8) is 0 Å². The lowest BCUT2D eigenvalue weighted by Crippen LogP contribution is -2.41. The van der Waals surface area contributed by atoms with Crippen molar-refractivity contribution in [1.82, 2.24) is 0 Å². The van der Waals surface area contributed by atoms with Gasteiger partial charge in [0.15, 0.2) is 0 Å². The van der Waals surface area contributed by atoms with Crippen molar-refractivity contribution in [1.29, 1.82) is 0 Å². The molecule has 0 bridgehead atoms. The molecule has 1 N–H and O–H groups in total. The minimum Gasteiger partial charge on any atom is -0.461 e. The van der Waals surface area contributed by atoms with Crippen LogP contribution in [0.15, 0.2) is 23.8 Å². The van der Waals surface area contributed by atoms with Crippen LogP contribution in [0, 0.1) is 23.7 Å². The third kappa shape index (κ3) is 2.98. The second-order valence-corrected chi connectivity index (χ2v) is 6.36. The highest BCUT2D eigenvalue weighted by atomic mass is 16.5. The molecule has 2 rings (SSSR count). The van der Waals surface area contributed by atoms with Crippen molar-refractivity contribution in [3.8, 4) is 0 Å². The molecule has 0 amide bonds. The summed E-state index contributed by atoms with van der Waals surface area (Å²) in [6.45, 7) is 8.27. The average molecular weight is 278 g/mol. The number of fused-ring (bicyclic) bond motifs is 1. The van der Waals surface area contributed by atoms with Gasteiger partial charge in [-0.2, -0.15) is 0 Å². The number of aliphatic hydroxyl groups excluding tert-OH is 1. The van der Waals surface area contributed by atoms with Gasteiger partial charge in [0.25, 0.3) is 0 Å². The fourth-order valence-corrected chi connectivity index (χ4v) is 3.13. The van der Waals surface area contributed by atoms with Gasteiger partial charge < -0.3 is 9.84 Å². The predicted molar refractivity (Wildman–Crippen MR) is 79.0 cm³/mol. The Hall–Kier alpha value is -1.09. The summed E-state index contributed by atoms with van der Waals surface area (Å²) < 4.78 is 5.73. The molecule has 3 nitrogen and oxygen atoms in total. The molecule has 0 aromatic carbocycles. The largest absolute Gasteiger partial charge is 0.461 e. The Labute approximate surface area is 121 Å². The fraction of sp³-hybridized carbons (Fsp3) is 0.706. The van der Waals surface area contributed by atoms with Crippen molar-refractivity contribution < 1.29 is 14.6 Å². The first-order valence-corrected chi connectivity index (χ1v) is 7.72. The summed E-state index contributed by atoms with van der Waals surface area (Å²) >= 11 is 0. The molecule has 0 saturated heterocycles. The maximum atomic E-state index is 12.1. The molecule has 0 heterocycles. The monoisotopic (exact) mass is 278 g/mol. The third-order valence-electron chi connectivity index (χ3n) is 4.91. The third-order valence-corrected chi connectivity index (χ3v) is 4.91. The second-order valence-electron chi connectivity index (χ2n) is 6.36. The minimum atomic E-state index is -0.513. The summed E-state index contributed by atoms with van der Waals surface area (Å²) in [5, 5.41) is 9.98. The molecule has 0 spiro atoms. The van der Waals surface area contributed by atoms with Gasteiger partial charge in [0.1, 0.15) is 6.10 Å². The lowest BCUT2D eigenvalue weighted by atomic mass is 9.69. The van der Waals surface area contributed by atoms with Gasteiger partial charge in [0.2, 0.25) is 0 Å². The summed E-state index contributed by atoms with van der Waals surface area (Å²) in [5.41, 5.74) is 1.12. The Morgan fingerprint density at radius 2 is 2.20 bits per heavy atom.